The van der Waals surface area contributed by atoms with Gasteiger partial charge in [-0.15, -0.1) is 22.7 Å². The Morgan fingerprint density at radius 2 is 1.42 bits per heavy atom. The third-order valence-corrected chi connectivity index (χ3v) is 11.4. The van der Waals surface area contributed by atoms with Gasteiger partial charge in [-0.1, -0.05) is 35.6 Å². The van der Waals surface area contributed by atoms with Crippen LogP contribution in [-0.4, -0.2) is 8.07 Å². The largest absolute Gasteiger partial charge is 0.135 e. The number of thiophene rings is 2. The molecule has 6 heteroatoms. The standard InChI is InChI=1S/C13H11Br3S2Si/c1-19(2,3)13-11(15)7-9(18-13)5-4-8-6-10(14)12(16)17-8/h6-7H,1-3H3. The normalized spacial score (nSPS) is 11.3. The lowest BCUT2D eigenvalue weighted by Gasteiger charge is -2.13. The van der Waals surface area contributed by atoms with Crippen molar-refractivity contribution in [3.05, 3.63) is 34.6 Å². The first-order chi connectivity index (χ1) is 8.77. The van der Waals surface area contributed by atoms with E-state index in [-0.39, 0.29) is 0 Å². The van der Waals surface area contributed by atoms with E-state index in [1.165, 1.54) is 8.97 Å². The van der Waals surface area contributed by atoms with Crippen molar-refractivity contribution in [1.29, 1.82) is 0 Å². The predicted molar refractivity (Wildman–Crippen MR) is 101 cm³/mol. The van der Waals surface area contributed by atoms with Crippen LogP contribution in [0.5, 0.6) is 0 Å². The van der Waals surface area contributed by atoms with Gasteiger partial charge in [0, 0.05) is 13.4 Å². The van der Waals surface area contributed by atoms with Crippen molar-refractivity contribution in [3.8, 4) is 11.8 Å². The van der Waals surface area contributed by atoms with Crippen molar-refractivity contribution in [2.45, 2.75) is 19.6 Å². The molecule has 2 aromatic rings. The van der Waals surface area contributed by atoms with E-state index in [1.807, 2.05) is 17.4 Å². The van der Waals surface area contributed by atoms with Crippen LogP contribution in [0.1, 0.15) is 9.75 Å². The van der Waals surface area contributed by atoms with E-state index in [0.717, 1.165) is 18.0 Å². The van der Waals surface area contributed by atoms with Crippen LogP contribution >= 0.6 is 70.5 Å². The minimum atomic E-state index is -1.28. The fourth-order valence-electron chi connectivity index (χ4n) is 1.47. The summed E-state index contributed by atoms with van der Waals surface area (Å²) in [5.41, 5.74) is 0. The molecule has 2 aromatic heterocycles. The molecule has 0 N–H and O–H groups in total. The summed E-state index contributed by atoms with van der Waals surface area (Å²) in [6.45, 7) is 7.07. The molecule has 0 radical (unpaired) electrons. The monoisotopic (exact) mass is 496 g/mol. The van der Waals surface area contributed by atoms with Gasteiger partial charge in [0.2, 0.25) is 0 Å². The summed E-state index contributed by atoms with van der Waals surface area (Å²) in [6.07, 6.45) is 0. The molecule has 0 bridgehead atoms. The Hall–Kier alpha value is 0.617. The number of rotatable bonds is 1. The van der Waals surface area contributed by atoms with Crippen molar-refractivity contribution in [2.75, 3.05) is 0 Å². The molecule has 0 aliphatic carbocycles. The van der Waals surface area contributed by atoms with Crippen LogP contribution in [0.25, 0.3) is 0 Å². The van der Waals surface area contributed by atoms with Crippen LogP contribution in [0.15, 0.2) is 24.9 Å². The zero-order valence-electron chi connectivity index (χ0n) is 10.6. The number of hydrogen-bond acceptors (Lipinski definition) is 2. The molecule has 0 atom stereocenters. The molecule has 19 heavy (non-hydrogen) atoms. The highest BCUT2D eigenvalue weighted by Crippen LogP contribution is 2.32. The van der Waals surface area contributed by atoms with Gasteiger partial charge in [-0.2, -0.15) is 0 Å². The smallest absolute Gasteiger partial charge is 0.0919 e. The summed E-state index contributed by atoms with van der Waals surface area (Å²) < 4.78 is 4.85. The Morgan fingerprint density at radius 3 is 1.84 bits per heavy atom. The first-order valence-corrected chi connectivity index (χ1v) is 13.1. The number of halogens is 3. The lowest BCUT2D eigenvalue weighted by Crippen LogP contribution is -2.35. The van der Waals surface area contributed by atoms with E-state index >= 15 is 0 Å². The molecule has 0 fully saturated rings. The summed E-state index contributed by atoms with van der Waals surface area (Å²) in [6, 6.07) is 4.19. The Balaban J connectivity index is 2.31. The molecular weight excluding hydrogens is 488 g/mol. The third kappa shape index (κ3) is 4.05. The van der Waals surface area contributed by atoms with Gasteiger partial charge in [0.15, 0.2) is 0 Å². The van der Waals surface area contributed by atoms with Gasteiger partial charge in [0.1, 0.15) is 0 Å². The van der Waals surface area contributed by atoms with Crippen molar-refractivity contribution >= 4 is 83.0 Å². The molecule has 0 unspecified atom stereocenters. The molecule has 0 nitrogen and oxygen atoms in total. The van der Waals surface area contributed by atoms with E-state index in [4.69, 9.17) is 0 Å². The van der Waals surface area contributed by atoms with Crippen LogP contribution in [0.4, 0.5) is 0 Å². The highest BCUT2D eigenvalue weighted by molar-refractivity contribution is 9.13. The Morgan fingerprint density at radius 1 is 0.895 bits per heavy atom. The summed E-state index contributed by atoms with van der Waals surface area (Å²) in [7, 11) is -1.28. The lowest BCUT2D eigenvalue weighted by atomic mass is 10.4. The molecule has 0 amide bonds. The van der Waals surface area contributed by atoms with Gasteiger partial charge in [-0.3, -0.25) is 0 Å². The quantitative estimate of drug-likeness (QED) is 0.332. The van der Waals surface area contributed by atoms with Crippen molar-refractivity contribution in [2.24, 2.45) is 0 Å². The van der Waals surface area contributed by atoms with E-state index in [2.05, 4.69) is 85.3 Å². The van der Waals surface area contributed by atoms with Crippen LogP contribution in [0, 0.1) is 11.8 Å². The number of hydrogen-bond donors (Lipinski definition) is 0. The fraction of sp³-hybridized carbons (Fsp3) is 0.231. The van der Waals surface area contributed by atoms with Gasteiger partial charge < -0.3 is 0 Å². The summed E-state index contributed by atoms with van der Waals surface area (Å²) in [4.78, 5) is 2.20. The maximum atomic E-state index is 3.66. The first kappa shape index (κ1) is 16.0. The predicted octanol–water partition coefficient (Wildman–Crippen LogP) is 6.04. The summed E-state index contributed by atoms with van der Waals surface area (Å²) in [5, 5.41) is 0. The Bertz CT molecular complexity index is 649. The van der Waals surface area contributed by atoms with Crippen LogP contribution in [-0.2, 0) is 0 Å². The highest BCUT2D eigenvalue weighted by Gasteiger charge is 2.22. The van der Waals surface area contributed by atoms with Crippen molar-refractivity contribution in [1.82, 2.24) is 0 Å². The Kier molecular flexibility index (Phi) is 5.19. The molecule has 2 rings (SSSR count). The molecule has 0 saturated carbocycles. The average Bonchev–Trinajstić information content (AvgIpc) is 2.80. The fourth-order valence-corrected chi connectivity index (χ4v) is 8.77. The second kappa shape index (κ2) is 6.16. The van der Waals surface area contributed by atoms with Gasteiger partial charge in [0.25, 0.3) is 0 Å². The molecule has 0 aliphatic heterocycles. The molecule has 0 saturated heterocycles. The van der Waals surface area contributed by atoms with Crippen molar-refractivity contribution in [3.63, 3.8) is 0 Å². The van der Waals surface area contributed by atoms with Gasteiger partial charge in [-0.25, -0.2) is 0 Å². The second-order valence-corrected chi connectivity index (χ2v) is 15.5. The second-order valence-electron chi connectivity index (χ2n) is 5.02. The van der Waals surface area contributed by atoms with Crippen LogP contribution in [0.3, 0.4) is 0 Å². The highest BCUT2D eigenvalue weighted by atomic mass is 79.9. The minimum Gasteiger partial charge on any atom is -0.135 e. The average molecular weight is 499 g/mol. The topological polar surface area (TPSA) is 0 Å². The van der Waals surface area contributed by atoms with Crippen molar-refractivity contribution < 1.29 is 0 Å². The zero-order chi connectivity index (χ0) is 14.2. The van der Waals surface area contributed by atoms with E-state index in [0.29, 0.717) is 0 Å². The van der Waals surface area contributed by atoms with Gasteiger partial charge in [0.05, 0.1) is 21.6 Å². The molecule has 0 aromatic carbocycles. The first-order valence-electron chi connectivity index (χ1n) is 5.54. The minimum absolute atomic E-state index is 1.07. The van der Waals surface area contributed by atoms with Gasteiger partial charge >= 0.3 is 0 Å². The van der Waals surface area contributed by atoms with Crippen LogP contribution < -0.4 is 4.50 Å². The van der Waals surface area contributed by atoms with E-state index in [1.54, 1.807) is 11.3 Å². The summed E-state index contributed by atoms with van der Waals surface area (Å²) >= 11 is 14.1. The molecule has 100 valence electrons. The maximum absolute atomic E-state index is 3.66. The molecule has 0 aliphatic rings. The molecule has 2 heterocycles. The van der Waals surface area contributed by atoms with E-state index < -0.39 is 8.07 Å². The molecular formula is C13H11Br3S2Si. The van der Waals surface area contributed by atoms with Crippen LogP contribution in [0.2, 0.25) is 19.6 Å². The SMILES string of the molecule is C[Si](C)(C)c1sc(C#Cc2cc(Br)c(Br)s2)cc1Br. The molecule has 0 spiro atoms. The van der Waals surface area contributed by atoms with E-state index in [9.17, 15) is 0 Å². The maximum Gasteiger partial charge on any atom is 0.0919 e. The Labute approximate surface area is 148 Å². The summed E-state index contributed by atoms with van der Waals surface area (Å²) in [5.74, 6) is 6.49. The zero-order valence-corrected chi connectivity index (χ0v) is 18.0. The lowest BCUT2D eigenvalue weighted by molar-refractivity contribution is 1.75. The third-order valence-electron chi connectivity index (χ3n) is 2.32. The van der Waals surface area contributed by atoms with Gasteiger partial charge in [-0.05, 0) is 55.8 Å².